The van der Waals surface area contributed by atoms with E-state index in [4.69, 9.17) is 10.5 Å². The van der Waals surface area contributed by atoms with Crippen LogP contribution < -0.4 is 20.7 Å². The van der Waals surface area contributed by atoms with E-state index in [1.165, 1.54) is 0 Å². The fraction of sp³-hybridized carbons (Fsp3) is 0.733. The highest BCUT2D eigenvalue weighted by Crippen LogP contribution is 2.46. The monoisotopic (exact) mass is 572 g/mol. The van der Waals surface area contributed by atoms with Crippen molar-refractivity contribution in [1.82, 2.24) is 20.2 Å². The molecule has 2 saturated heterocycles. The van der Waals surface area contributed by atoms with Crippen molar-refractivity contribution in [2.24, 2.45) is 11.1 Å². The first-order valence-electron chi connectivity index (χ1n) is 15.2. The van der Waals surface area contributed by atoms with Gasteiger partial charge >= 0.3 is 0 Å². The second kappa shape index (κ2) is 10.6. The standard InChI is InChI=1S/C30H42F2N6O3/c1-17-14-38(16-29(36-17)11-12-29)27-23(32)28(41-18(2)21-13-19(31)15-37(21)3)35-26(34-27)24(33)20-7-6-10-30(25(20)40)9-5-4-8-22(30)39/h17-19,21,36H,4-16,33H2,1-3H3/t17-,18+,19-,21+,30-/m1/s1. The number of anilines is 1. The number of ketones is 2. The Morgan fingerprint density at radius 1 is 1.12 bits per heavy atom. The third-order valence-electron chi connectivity index (χ3n) is 9.98. The predicted molar refractivity (Wildman–Crippen MR) is 151 cm³/mol. The number of Topliss-reactive ketones (excluding diaryl/α,β-unsaturated/α-hetero) is 2. The maximum atomic E-state index is 16.2. The van der Waals surface area contributed by atoms with Gasteiger partial charge in [-0.15, -0.1) is 0 Å². The molecule has 1 aromatic heterocycles. The fourth-order valence-corrected chi connectivity index (χ4v) is 7.65. The summed E-state index contributed by atoms with van der Waals surface area (Å²) in [6.45, 7) is 5.26. The Labute approximate surface area is 240 Å². The van der Waals surface area contributed by atoms with Crippen LogP contribution >= 0.6 is 0 Å². The van der Waals surface area contributed by atoms with E-state index in [9.17, 15) is 14.0 Å². The molecule has 0 bridgehead atoms. The van der Waals surface area contributed by atoms with Gasteiger partial charge in [0.15, 0.2) is 17.4 Å². The molecule has 6 rings (SSSR count). The minimum Gasteiger partial charge on any atom is -0.471 e. The highest BCUT2D eigenvalue weighted by atomic mass is 19.1. The van der Waals surface area contributed by atoms with Crippen LogP contribution in [0, 0.1) is 11.2 Å². The Hall–Kier alpha value is -2.66. The molecule has 2 spiro atoms. The zero-order valence-corrected chi connectivity index (χ0v) is 24.3. The van der Waals surface area contributed by atoms with Gasteiger partial charge in [0.2, 0.25) is 5.82 Å². The molecule has 41 heavy (non-hydrogen) atoms. The maximum absolute atomic E-state index is 16.2. The van der Waals surface area contributed by atoms with Crippen LogP contribution in [-0.4, -0.2) is 83.0 Å². The van der Waals surface area contributed by atoms with Gasteiger partial charge < -0.3 is 20.7 Å². The molecule has 0 unspecified atom stereocenters. The van der Waals surface area contributed by atoms with E-state index in [0.29, 0.717) is 63.7 Å². The number of nitrogens with two attached hydrogens (primary N) is 1. The SMILES string of the molecule is C[C@@H]1CN(c2nc(C(N)=C3CCC[C@@]4(CCCCC4=O)C3=O)nc(O[C@@H](C)[C@@H]3C[C@@H](F)CN3C)c2F)CC2(CC2)N1. The van der Waals surface area contributed by atoms with E-state index in [0.717, 1.165) is 25.7 Å². The van der Waals surface area contributed by atoms with Gasteiger partial charge in [0.25, 0.3) is 5.88 Å². The molecule has 3 N–H and O–H groups in total. The molecule has 5 fully saturated rings. The van der Waals surface area contributed by atoms with Gasteiger partial charge in [-0.05, 0) is 72.3 Å². The van der Waals surface area contributed by atoms with E-state index in [1.807, 2.05) is 16.8 Å². The van der Waals surface area contributed by atoms with E-state index in [2.05, 4.69) is 22.2 Å². The minimum atomic E-state index is -1.02. The summed E-state index contributed by atoms with van der Waals surface area (Å²) in [5.41, 5.74) is 6.00. The average molecular weight is 573 g/mol. The summed E-state index contributed by atoms with van der Waals surface area (Å²) in [7, 11) is 1.83. The second-order valence-electron chi connectivity index (χ2n) is 13.1. The summed E-state index contributed by atoms with van der Waals surface area (Å²) in [6.07, 6.45) is 4.97. The number of nitrogens with zero attached hydrogens (tertiary/aromatic N) is 4. The van der Waals surface area contributed by atoms with Gasteiger partial charge in [0.1, 0.15) is 18.1 Å². The molecule has 9 nitrogen and oxygen atoms in total. The number of likely N-dealkylation sites (N-methyl/N-ethyl adjacent to an activating group) is 1. The van der Waals surface area contributed by atoms with Gasteiger partial charge in [-0.2, -0.15) is 9.37 Å². The molecule has 224 valence electrons. The Kier molecular flexibility index (Phi) is 7.33. The summed E-state index contributed by atoms with van der Waals surface area (Å²) >= 11 is 0. The van der Waals surface area contributed by atoms with Crippen LogP contribution in [0.1, 0.15) is 83.9 Å². The third kappa shape index (κ3) is 5.13. The Bertz CT molecular complexity index is 1260. The predicted octanol–water partition coefficient (Wildman–Crippen LogP) is 3.31. The maximum Gasteiger partial charge on any atom is 0.256 e. The first-order chi connectivity index (χ1) is 19.5. The smallest absolute Gasteiger partial charge is 0.256 e. The quantitative estimate of drug-likeness (QED) is 0.405. The van der Waals surface area contributed by atoms with E-state index in [1.54, 1.807) is 6.92 Å². The molecule has 5 aliphatic rings. The summed E-state index contributed by atoms with van der Waals surface area (Å²) in [6, 6.07) is -0.123. The number of hydrogen-bond donors (Lipinski definition) is 2. The summed E-state index contributed by atoms with van der Waals surface area (Å²) in [5, 5.41) is 3.62. The van der Waals surface area contributed by atoms with Crippen LogP contribution in [0.25, 0.3) is 5.70 Å². The van der Waals surface area contributed by atoms with Gasteiger partial charge in [-0.1, -0.05) is 6.42 Å². The number of allylic oxidation sites excluding steroid dienone is 1. The lowest BCUT2D eigenvalue weighted by molar-refractivity contribution is -0.143. The topological polar surface area (TPSA) is 114 Å². The molecular weight excluding hydrogens is 530 g/mol. The van der Waals surface area contributed by atoms with Crippen molar-refractivity contribution in [3.05, 3.63) is 17.2 Å². The van der Waals surface area contributed by atoms with Crippen LogP contribution in [0.4, 0.5) is 14.6 Å². The molecule has 1 aromatic rings. The molecule has 2 aliphatic heterocycles. The highest BCUT2D eigenvalue weighted by molar-refractivity contribution is 6.17. The van der Waals surface area contributed by atoms with Crippen molar-refractivity contribution in [2.75, 3.05) is 31.6 Å². The number of carbonyl (C=O) groups is 2. The van der Waals surface area contributed by atoms with Gasteiger partial charge in [-0.3, -0.25) is 14.5 Å². The number of halogens is 2. The summed E-state index contributed by atoms with van der Waals surface area (Å²) in [4.78, 5) is 39.7. The molecule has 11 heteroatoms. The van der Waals surface area contributed by atoms with Crippen LogP contribution in [0.5, 0.6) is 5.88 Å². The lowest BCUT2D eigenvalue weighted by Gasteiger charge is -2.39. The lowest BCUT2D eigenvalue weighted by Crippen LogP contribution is -2.57. The third-order valence-corrected chi connectivity index (χ3v) is 9.98. The van der Waals surface area contributed by atoms with Crippen molar-refractivity contribution in [3.8, 4) is 5.88 Å². The summed E-state index contributed by atoms with van der Waals surface area (Å²) in [5.74, 6) is -1.05. The number of hydrogen-bond acceptors (Lipinski definition) is 9. The van der Waals surface area contributed by atoms with Crippen molar-refractivity contribution in [1.29, 1.82) is 0 Å². The number of aromatic nitrogens is 2. The second-order valence-corrected chi connectivity index (χ2v) is 13.1. The van der Waals surface area contributed by atoms with Crippen LogP contribution in [-0.2, 0) is 9.59 Å². The van der Waals surface area contributed by atoms with Crippen LogP contribution in [0.2, 0.25) is 0 Å². The molecule has 3 saturated carbocycles. The Balaban J connectivity index is 1.39. The van der Waals surface area contributed by atoms with Crippen molar-refractivity contribution in [3.63, 3.8) is 0 Å². The Morgan fingerprint density at radius 3 is 2.56 bits per heavy atom. The van der Waals surface area contributed by atoms with Crippen molar-refractivity contribution >= 4 is 23.1 Å². The molecule has 5 atom stereocenters. The zero-order chi connectivity index (χ0) is 29.1. The number of rotatable bonds is 5. The van der Waals surface area contributed by atoms with Gasteiger partial charge in [-0.25, -0.2) is 9.37 Å². The average Bonchev–Trinajstić information content (AvgIpc) is 3.57. The van der Waals surface area contributed by atoms with Crippen molar-refractivity contribution in [2.45, 2.75) is 108 Å². The highest BCUT2D eigenvalue weighted by Gasteiger charge is 2.50. The molecule has 3 heterocycles. The normalized spacial score (nSPS) is 33.9. The molecule has 0 amide bonds. The van der Waals surface area contributed by atoms with E-state index >= 15 is 4.39 Å². The van der Waals surface area contributed by atoms with Gasteiger partial charge in [0, 0.05) is 49.3 Å². The lowest BCUT2D eigenvalue weighted by atomic mass is 9.62. The Morgan fingerprint density at radius 2 is 1.88 bits per heavy atom. The first-order valence-corrected chi connectivity index (χ1v) is 15.2. The van der Waals surface area contributed by atoms with Gasteiger partial charge in [0.05, 0.1) is 11.1 Å². The van der Waals surface area contributed by atoms with E-state index < -0.39 is 23.5 Å². The van der Waals surface area contributed by atoms with Crippen molar-refractivity contribution < 1.29 is 23.1 Å². The number of likely N-dealkylation sites (tertiary alicyclic amines) is 1. The summed E-state index contributed by atoms with van der Waals surface area (Å²) < 4.78 is 36.4. The van der Waals surface area contributed by atoms with Crippen LogP contribution in [0.3, 0.4) is 0 Å². The van der Waals surface area contributed by atoms with E-state index in [-0.39, 0.29) is 52.4 Å². The number of ether oxygens (including phenoxy) is 1. The molecule has 3 aliphatic carbocycles. The molecular formula is C30H42F2N6O3. The number of alkyl halides is 1. The zero-order valence-electron chi connectivity index (χ0n) is 24.3. The minimum absolute atomic E-state index is 0.00584. The fourth-order valence-electron chi connectivity index (χ4n) is 7.65. The van der Waals surface area contributed by atoms with Crippen LogP contribution in [0.15, 0.2) is 5.57 Å². The molecule has 0 aromatic carbocycles. The number of piperazine rings is 1. The number of carbonyl (C=O) groups excluding carboxylic acids is 2. The largest absolute Gasteiger partial charge is 0.471 e. The molecule has 0 radical (unpaired) electrons. The number of nitrogens with one attached hydrogen (secondary N) is 1. The first kappa shape index (κ1) is 28.5.